The van der Waals surface area contributed by atoms with E-state index >= 15 is 0 Å². The van der Waals surface area contributed by atoms with E-state index < -0.39 is 5.82 Å². The maximum Gasteiger partial charge on any atom is 0.278 e. The maximum absolute atomic E-state index is 13.4. The number of halogens is 2. The summed E-state index contributed by atoms with van der Waals surface area (Å²) in [5, 5.41) is 25.9. The molecule has 1 saturated heterocycles. The van der Waals surface area contributed by atoms with Crippen LogP contribution in [-0.2, 0) is 9.53 Å². The quantitative estimate of drug-likeness (QED) is 0.197. The summed E-state index contributed by atoms with van der Waals surface area (Å²) >= 11 is 3.09. The molecule has 0 spiro atoms. The molecule has 1 aliphatic rings. The molecular weight excluding hydrogens is 439 g/mol. The minimum absolute atomic E-state index is 0.00734. The van der Waals surface area contributed by atoms with Crippen molar-refractivity contribution < 1.29 is 23.8 Å². The molecule has 1 atom stereocenters. The van der Waals surface area contributed by atoms with E-state index in [2.05, 4.69) is 42.0 Å². The predicted octanol–water partition coefficient (Wildman–Crippen LogP) is 2.02. The van der Waals surface area contributed by atoms with Crippen LogP contribution in [0.5, 0.6) is 0 Å². The van der Waals surface area contributed by atoms with Crippen molar-refractivity contribution in [1.29, 1.82) is 0 Å². The molecule has 1 aromatic heterocycles. The third-order valence-corrected chi connectivity index (χ3v) is 4.74. The molecule has 12 heteroatoms. The molecule has 0 bridgehead atoms. The second kappa shape index (κ2) is 8.72. The number of carbonyl (C=O) groups excluding carboxylic acids is 1. The van der Waals surface area contributed by atoms with Gasteiger partial charge in [-0.25, -0.2) is 13.8 Å². The van der Waals surface area contributed by atoms with Crippen molar-refractivity contribution in [3.05, 3.63) is 40.1 Å². The Morgan fingerprint density at radius 3 is 3.04 bits per heavy atom. The van der Waals surface area contributed by atoms with Crippen LogP contribution in [0.1, 0.15) is 12.1 Å². The van der Waals surface area contributed by atoms with E-state index in [9.17, 15) is 14.4 Å². The molecule has 2 heterocycles. The van der Waals surface area contributed by atoms with Crippen LogP contribution < -0.4 is 10.6 Å². The number of likely N-dealkylation sites (N-methyl/N-ethyl adjacent to an activating group) is 1. The number of rotatable bonds is 6. The minimum Gasteiger partial charge on any atom is -0.469 e. The van der Waals surface area contributed by atoms with E-state index in [4.69, 9.17) is 9.37 Å². The molecule has 0 saturated carbocycles. The highest BCUT2D eigenvalue weighted by Gasteiger charge is 2.27. The SMILES string of the molecule is CN1C(=C=O)OCC1CCNc1nonc1C(=NO)Nc1ccc(F)c(Br)c1. The number of hydrogen-bond donors (Lipinski definition) is 3. The lowest BCUT2D eigenvalue weighted by molar-refractivity contribution is 0.247. The fraction of sp³-hybridized carbons (Fsp3) is 0.312. The average molecular weight is 455 g/mol. The average Bonchev–Trinajstić information content (AvgIpc) is 3.29. The van der Waals surface area contributed by atoms with Gasteiger partial charge in [0.25, 0.3) is 5.88 Å². The summed E-state index contributed by atoms with van der Waals surface area (Å²) in [4.78, 5) is 12.4. The van der Waals surface area contributed by atoms with Gasteiger partial charge in [0, 0.05) is 19.3 Å². The Kier molecular flexibility index (Phi) is 6.12. The van der Waals surface area contributed by atoms with Crippen molar-refractivity contribution in [1.82, 2.24) is 15.2 Å². The number of nitrogens with one attached hydrogen (secondary N) is 2. The Balaban J connectivity index is 1.63. The van der Waals surface area contributed by atoms with Gasteiger partial charge >= 0.3 is 0 Å². The smallest absolute Gasteiger partial charge is 0.278 e. The van der Waals surface area contributed by atoms with Gasteiger partial charge in [0.15, 0.2) is 11.6 Å². The number of hydrogen-bond acceptors (Lipinski definition) is 9. The lowest BCUT2D eigenvalue weighted by atomic mass is 10.2. The van der Waals surface area contributed by atoms with E-state index in [0.717, 1.165) is 0 Å². The number of anilines is 2. The summed E-state index contributed by atoms with van der Waals surface area (Å²) in [5.74, 6) is 1.72. The van der Waals surface area contributed by atoms with Crippen molar-refractivity contribution in [3.63, 3.8) is 0 Å². The Labute approximate surface area is 167 Å². The zero-order chi connectivity index (χ0) is 20.1. The molecule has 10 nitrogen and oxygen atoms in total. The monoisotopic (exact) mass is 454 g/mol. The Bertz CT molecular complexity index is 930. The number of nitrogens with zero attached hydrogens (tertiary/aromatic N) is 4. The summed E-state index contributed by atoms with van der Waals surface area (Å²) in [5.41, 5.74) is 0.611. The molecule has 2 aromatic rings. The Morgan fingerprint density at radius 1 is 1.54 bits per heavy atom. The third-order valence-electron chi connectivity index (χ3n) is 4.13. The van der Waals surface area contributed by atoms with Gasteiger partial charge in [-0.3, -0.25) is 0 Å². The molecular formula is C16H16BrFN6O4. The topological polar surface area (TPSA) is 125 Å². The molecule has 1 fully saturated rings. The van der Waals surface area contributed by atoms with E-state index in [0.29, 0.717) is 25.3 Å². The third kappa shape index (κ3) is 4.24. The van der Waals surface area contributed by atoms with Gasteiger partial charge in [-0.2, -0.15) is 0 Å². The van der Waals surface area contributed by atoms with Crippen LogP contribution in [0, 0.1) is 5.82 Å². The number of amidine groups is 1. The Morgan fingerprint density at radius 2 is 2.36 bits per heavy atom. The fourth-order valence-electron chi connectivity index (χ4n) is 2.59. The summed E-state index contributed by atoms with van der Waals surface area (Å²) in [6, 6.07) is 4.21. The molecule has 1 unspecified atom stereocenters. The summed E-state index contributed by atoms with van der Waals surface area (Å²) < 4.78 is 23.6. The normalized spacial score (nSPS) is 16.7. The molecule has 3 N–H and O–H groups in total. The number of ether oxygens (including phenoxy) is 1. The lowest BCUT2D eigenvalue weighted by Gasteiger charge is -2.17. The minimum atomic E-state index is -0.424. The second-order valence-electron chi connectivity index (χ2n) is 5.86. The lowest BCUT2D eigenvalue weighted by Crippen LogP contribution is -2.28. The summed E-state index contributed by atoms with van der Waals surface area (Å²) in [7, 11) is 1.75. The first kappa shape index (κ1) is 19.6. The van der Waals surface area contributed by atoms with Gasteiger partial charge in [-0.05, 0) is 50.9 Å². The van der Waals surface area contributed by atoms with Gasteiger partial charge in [0.1, 0.15) is 12.4 Å². The van der Waals surface area contributed by atoms with E-state index in [1.807, 2.05) is 0 Å². The molecule has 3 rings (SSSR count). The first-order chi connectivity index (χ1) is 13.5. The van der Waals surface area contributed by atoms with Crippen LogP contribution in [-0.4, -0.2) is 58.4 Å². The first-order valence-electron chi connectivity index (χ1n) is 8.15. The second-order valence-corrected chi connectivity index (χ2v) is 6.72. The molecule has 0 aliphatic carbocycles. The van der Waals surface area contributed by atoms with Crippen LogP contribution in [0.3, 0.4) is 0 Å². The predicted molar refractivity (Wildman–Crippen MR) is 100 cm³/mol. The fourth-order valence-corrected chi connectivity index (χ4v) is 2.97. The largest absolute Gasteiger partial charge is 0.469 e. The van der Waals surface area contributed by atoms with E-state index in [1.165, 1.54) is 18.2 Å². The van der Waals surface area contributed by atoms with Crippen LogP contribution in [0.25, 0.3) is 0 Å². The van der Waals surface area contributed by atoms with Gasteiger partial charge in [0.2, 0.25) is 11.7 Å². The Hall–Kier alpha value is -3.11. The van der Waals surface area contributed by atoms with Crippen molar-refractivity contribution in [2.24, 2.45) is 5.16 Å². The van der Waals surface area contributed by atoms with Gasteiger partial charge in [-0.1, -0.05) is 5.16 Å². The van der Waals surface area contributed by atoms with E-state index in [1.54, 1.807) is 17.9 Å². The standard InChI is InChI=1S/C16H16BrFN6O4/c1-24-10(8-27-13(24)7-25)4-5-19-15-14(22-28-23-15)16(21-26)20-9-2-3-12(18)11(17)6-9/h2-3,6,10,26H,4-5,8H2,1H3,(H,19,23)(H,20,21). The highest BCUT2D eigenvalue weighted by Crippen LogP contribution is 2.22. The maximum atomic E-state index is 13.4. The molecule has 1 aromatic carbocycles. The highest BCUT2D eigenvalue weighted by atomic mass is 79.9. The highest BCUT2D eigenvalue weighted by molar-refractivity contribution is 9.10. The van der Waals surface area contributed by atoms with Crippen molar-refractivity contribution in [3.8, 4) is 0 Å². The van der Waals surface area contributed by atoms with Crippen molar-refractivity contribution in [2.75, 3.05) is 30.8 Å². The van der Waals surface area contributed by atoms with Crippen LogP contribution in [0.2, 0.25) is 0 Å². The first-order valence-corrected chi connectivity index (χ1v) is 8.94. The van der Waals surface area contributed by atoms with Crippen LogP contribution in [0.4, 0.5) is 15.9 Å². The zero-order valence-electron chi connectivity index (χ0n) is 14.6. The van der Waals surface area contributed by atoms with Crippen LogP contribution >= 0.6 is 15.9 Å². The van der Waals surface area contributed by atoms with Crippen molar-refractivity contribution >= 4 is 39.2 Å². The molecule has 0 amide bonds. The molecule has 148 valence electrons. The molecule has 1 aliphatic heterocycles. The summed E-state index contributed by atoms with van der Waals surface area (Å²) in [6.07, 6.45) is 0.637. The van der Waals surface area contributed by atoms with Crippen molar-refractivity contribution in [2.45, 2.75) is 12.5 Å². The van der Waals surface area contributed by atoms with Crippen LogP contribution in [0.15, 0.2) is 38.3 Å². The zero-order valence-corrected chi connectivity index (χ0v) is 16.2. The summed E-state index contributed by atoms with van der Waals surface area (Å²) in [6.45, 7) is 0.851. The molecule has 28 heavy (non-hydrogen) atoms. The van der Waals surface area contributed by atoms with Gasteiger partial charge in [0.05, 0.1) is 10.5 Å². The van der Waals surface area contributed by atoms with Gasteiger partial charge < -0.3 is 25.5 Å². The number of oxime groups is 1. The van der Waals surface area contributed by atoms with Gasteiger partial charge in [-0.15, -0.1) is 0 Å². The molecule has 0 radical (unpaired) electrons. The number of benzene rings is 1. The van der Waals surface area contributed by atoms with E-state index in [-0.39, 0.29) is 33.7 Å². The number of aromatic nitrogens is 2.